The summed E-state index contributed by atoms with van der Waals surface area (Å²) in [6.07, 6.45) is 2.95. The summed E-state index contributed by atoms with van der Waals surface area (Å²) in [4.78, 5) is 17.3. The maximum absolute atomic E-state index is 13.2. The first-order valence-electron chi connectivity index (χ1n) is 9.82. The molecular weight excluding hydrogens is 400 g/mol. The highest BCUT2D eigenvalue weighted by molar-refractivity contribution is 7.89. The number of amides is 1. The monoisotopic (exact) mass is 430 g/mol. The zero-order valence-electron chi connectivity index (χ0n) is 16.6. The first-order valence-corrected chi connectivity index (χ1v) is 11.3. The molecule has 3 rings (SSSR count). The number of anilines is 1. The number of sulfonamides is 1. The number of carbonyl (C=O) groups is 1. The van der Waals surface area contributed by atoms with Crippen LogP contribution in [0.25, 0.3) is 0 Å². The van der Waals surface area contributed by atoms with Crippen LogP contribution in [-0.4, -0.2) is 68.8 Å². The second-order valence-electron chi connectivity index (χ2n) is 7.26. The van der Waals surface area contributed by atoms with E-state index in [0.717, 1.165) is 38.0 Å². The van der Waals surface area contributed by atoms with Gasteiger partial charge in [0.1, 0.15) is 0 Å². The Labute approximate surface area is 174 Å². The minimum Gasteiger partial charge on any atom is -0.371 e. The summed E-state index contributed by atoms with van der Waals surface area (Å²) < 4.78 is 27.3. The summed E-state index contributed by atoms with van der Waals surface area (Å²) in [5.41, 5.74) is 7.27. The van der Waals surface area contributed by atoms with E-state index in [-0.39, 0.29) is 29.3 Å². The molecular formula is C19H31ClN4O3S. The topological polar surface area (TPSA) is 87.0 Å². The zero-order valence-corrected chi connectivity index (χ0v) is 18.3. The Hall–Kier alpha value is -1.35. The molecule has 0 aliphatic carbocycles. The fraction of sp³-hybridized carbons (Fsp3) is 0.632. The van der Waals surface area contributed by atoms with Gasteiger partial charge in [-0.25, -0.2) is 8.42 Å². The SMILES string of the molecule is CCN(CC)S(=O)(=O)c1ccc(N2CCCC2)c(C(=O)N2CC[C@@H](N)C2)c1.Cl. The second kappa shape index (κ2) is 9.43. The standard InChI is InChI=1S/C19H30N4O3S.ClH/c1-3-23(4-2)27(25,26)16-7-8-18(21-10-5-6-11-21)17(13-16)19(24)22-12-9-15(20)14-22;/h7-8,13,15H,3-6,9-12,14,20H2,1-2H3;1H/t15-;/m1./s1. The lowest BCUT2D eigenvalue weighted by Crippen LogP contribution is -2.34. The third kappa shape index (κ3) is 4.45. The molecule has 2 saturated heterocycles. The predicted octanol–water partition coefficient (Wildman–Crippen LogP) is 1.91. The molecule has 2 N–H and O–H groups in total. The lowest BCUT2D eigenvalue weighted by molar-refractivity contribution is 0.0791. The third-order valence-electron chi connectivity index (χ3n) is 5.50. The highest BCUT2D eigenvalue weighted by Crippen LogP contribution is 2.30. The Kier molecular flexibility index (Phi) is 7.73. The normalized spacial score (nSPS) is 19.9. The van der Waals surface area contributed by atoms with Gasteiger partial charge in [-0.05, 0) is 37.5 Å². The summed E-state index contributed by atoms with van der Waals surface area (Å²) in [7, 11) is -3.61. The van der Waals surface area contributed by atoms with E-state index in [0.29, 0.717) is 31.7 Å². The number of carbonyl (C=O) groups excluding carboxylic acids is 1. The predicted molar refractivity (Wildman–Crippen MR) is 114 cm³/mol. The van der Waals surface area contributed by atoms with Crippen LogP contribution in [0.5, 0.6) is 0 Å². The van der Waals surface area contributed by atoms with Crippen molar-refractivity contribution in [2.75, 3.05) is 44.2 Å². The zero-order chi connectivity index (χ0) is 19.6. The molecule has 158 valence electrons. The van der Waals surface area contributed by atoms with Crippen molar-refractivity contribution in [2.45, 2.75) is 44.0 Å². The quantitative estimate of drug-likeness (QED) is 0.744. The van der Waals surface area contributed by atoms with Crippen LogP contribution in [-0.2, 0) is 10.0 Å². The molecule has 9 heteroatoms. The Balaban J connectivity index is 0.00000280. The number of hydrogen-bond donors (Lipinski definition) is 1. The average molecular weight is 431 g/mol. The fourth-order valence-electron chi connectivity index (χ4n) is 3.94. The first-order chi connectivity index (χ1) is 12.9. The van der Waals surface area contributed by atoms with Gasteiger partial charge < -0.3 is 15.5 Å². The maximum Gasteiger partial charge on any atom is 0.256 e. The van der Waals surface area contributed by atoms with Gasteiger partial charge in [0.15, 0.2) is 0 Å². The molecule has 1 aromatic carbocycles. The first kappa shape index (κ1) is 22.9. The Morgan fingerprint density at radius 3 is 2.36 bits per heavy atom. The van der Waals surface area contributed by atoms with Gasteiger partial charge in [-0.2, -0.15) is 4.31 Å². The highest BCUT2D eigenvalue weighted by Gasteiger charge is 2.30. The summed E-state index contributed by atoms with van der Waals surface area (Å²) in [5.74, 6) is -0.124. The number of rotatable bonds is 6. The number of hydrogen-bond acceptors (Lipinski definition) is 5. The molecule has 0 saturated carbocycles. The van der Waals surface area contributed by atoms with E-state index in [4.69, 9.17) is 5.73 Å². The molecule has 7 nitrogen and oxygen atoms in total. The van der Waals surface area contributed by atoms with Gasteiger partial charge in [0.25, 0.3) is 5.91 Å². The molecule has 2 aliphatic heterocycles. The van der Waals surface area contributed by atoms with Gasteiger partial charge in [0.05, 0.1) is 10.5 Å². The highest BCUT2D eigenvalue weighted by atomic mass is 35.5. The molecule has 2 heterocycles. The van der Waals surface area contributed by atoms with Gasteiger partial charge in [-0.1, -0.05) is 13.8 Å². The van der Waals surface area contributed by atoms with Crippen molar-refractivity contribution < 1.29 is 13.2 Å². The molecule has 2 fully saturated rings. The summed E-state index contributed by atoms with van der Waals surface area (Å²) in [6.45, 7) is 7.35. The Morgan fingerprint density at radius 1 is 1.18 bits per heavy atom. The second-order valence-corrected chi connectivity index (χ2v) is 9.20. The van der Waals surface area contributed by atoms with Crippen LogP contribution in [0.4, 0.5) is 5.69 Å². The van der Waals surface area contributed by atoms with E-state index in [1.165, 1.54) is 4.31 Å². The molecule has 1 amide bonds. The van der Waals surface area contributed by atoms with Gasteiger partial charge >= 0.3 is 0 Å². The van der Waals surface area contributed by atoms with Crippen molar-refractivity contribution in [2.24, 2.45) is 5.73 Å². The molecule has 0 radical (unpaired) electrons. The lowest BCUT2D eigenvalue weighted by atomic mass is 10.1. The fourth-order valence-corrected chi connectivity index (χ4v) is 5.42. The molecule has 28 heavy (non-hydrogen) atoms. The minimum absolute atomic E-state index is 0. The number of nitrogens with zero attached hydrogens (tertiary/aromatic N) is 3. The van der Waals surface area contributed by atoms with Crippen LogP contribution in [0.1, 0.15) is 43.5 Å². The van der Waals surface area contributed by atoms with Gasteiger partial charge in [0.2, 0.25) is 10.0 Å². The van der Waals surface area contributed by atoms with E-state index in [2.05, 4.69) is 4.90 Å². The van der Waals surface area contributed by atoms with Crippen LogP contribution in [0.3, 0.4) is 0 Å². The van der Waals surface area contributed by atoms with E-state index < -0.39 is 10.0 Å². The number of nitrogens with two attached hydrogens (primary N) is 1. The van der Waals surface area contributed by atoms with Crippen LogP contribution >= 0.6 is 12.4 Å². The van der Waals surface area contributed by atoms with Crippen molar-refractivity contribution in [1.29, 1.82) is 0 Å². The van der Waals surface area contributed by atoms with E-state index >= 15 is 0 Å². The molecule has 0 unspecified atom stereocenters. The summed E-state index contributed by atoms with van der Waals surface area (Å²) in [5, 5.41) is 0. The number of halogens is 1. The summed E-state index contributed by atoms with van der Waals surface area (Å²) in [6, 6.07) is 4.98. The van der Waals surface area contributed by atoms with E-state index in [9.17, 15) is 13.2 Å². The lowest BCUT2D eigenvalue weighted by Gasteiger charge is -2.25. The van der Waals surface area contributed by atoms with Gasteiger partial charge in [-0.3, -0.25) is 4.79 Å². The molecule has 1 aromatic rings. The number of likely N-dealkylation sites (tertiary alicyclic amines) is 1. The number of benzene rings is 1. The van der Waals surface area contributed by atoms with Crippen LogP contribution in [0.15, 0.2) is 23.1 Å². The van der Waals surface area contributed by atoms with Crippen LogP contribution in [0, 0.1) is 0 Å². The van der Waals surface area contributed by atoms with Crippen molar-refractivity contribution in [1.82, 2.24) is 9.21 Å². The van der Waals surface area contributed by atoms with Crippen molar-refractivity contribution >= 4 is 34.0 Å². The van der Waals surface area contributed by atoms with Crippen molar-refractivity contribution in [3.8, 4) is 0 Å². The molecule has 2 aliphatic rings. The minimum atomic E-state index is -3.61. The van der Waals surface area contributed by atoms with E-state index in [1.54, 1.807) is 23.1 Å². The molecule has 0 bridgehead atoms. The van der Waals surface area contributed by atoms with Gasteiger partial charge in [0, 0.05) is 51.0 Å². The van der Waals surface area contributed by atoms with Crippen molar-refractivity contribution in [3.05, 3.63) is 23.8 Å². The maximum atomic E-state index is 13.2. The van der Waals surface area contributed by atoms with E-state index in [1.807, 2.05) is 13.8 Å². The Bertz CT molecular complexity index is 792. The smallest absolute Gasteiger partial charge is 0.256 e. The van der Waals surface area contributed by atoms with Gasteiger partial charge in [-0.15, -0.1) is 12.4 Å². The van der Waals surface area contributed by atoms with Crippen LogP contribution in [0.2, 0.25) is 0 Å². The van der Waals surface area contributed by atoms with Crippen LogP contribution < -0.4 is 10.6 Å². The largest absolute Gasteiger partial charge is 0.371 e. The average Bonchev–Trinajstić information content (AvgIpc) is 3.33. The third-order valence-corrected chi connectivity index (χ3v) is 7.55. The molecule has 0 spiro atoms. The summed E-state index contributed by atoms with van der Waals surface area (Å²) >= 11 is 0. The van der Waals surface area contributed by atoms with Crippen molar-refractivity contribution in [3.63, 3.8) is 0 Å². The molecule has 1 atom stereocenters. The Morgan fingerprint density at radius 2 is 1.82 bits per heavy atom. The molecule has 0 aromatic heterocycles.